The van der Waals surface area contributed by atoms with Gasteiger partial charge in [0.25, 0.3) is 0 Å². The van der Waals surface area contributed by atoms with Crippen molar-refractivity contribution in [3.8, 4) is 5.69 Å². The molecule has 260 valence electrons. The molecular weight excluding hydrogens is 747 g/mol. The van der Waals surface area contributed by atoms with Crippen LogP contribution in [-0.4, -0.2) is 18.5 Å². The van der Waals surface area contributed by atoms with Gasteiger partial charge in [0.1, 0.15) is 0 Å². The Labute approximate surface area is 317 Å². The first kappa shape index (κ1) is 33.2. The van der Waals surface area contributed by atoms with Crippen LogP contribution in [0, 0.1) is 12.8 Å². The highest BCUT2D eigenvalue weighted by Gasteiger charge is 2.39. The standard InChI is InChI=1S/C47H45IN4/c1-5-13-31-26-35(22-19-30(31)4)51-42(7-3)36(6-2)39-27-32(20-23-44(39)51)33-21-24-45-40(28-33)37-15-9-11-18-43(37)52(45)47-49-41-17-10-8-16-38(41)46(50-47)34-14-12-25-48-29-34/h6-12,14-19,21-22,24-26,29,32,40H,5,13,20,23,27-28H2,1-4H3/b36-6-,42-7+. The number of hydrogen-bond acceptors (Lipinski definition) is 3. The smallest absolute Gasteiger partial charge is 0.235 e. The Morgan fingerprint density at radius 1 is 0.923 bits per heavy atom. The van der Waals surface area contributed by atoms with E-state index in [-0.39, 0.29) is 26.6 Å². The minimum Gasteiger partial charge on any atom is -0.314 e. The van der Waals surface area contributed by atoms with Crippen molar-refractivity contribution in [3.63, 3.8) is 0 Å². The van der Waals surface area contributed by atoms with E-state index in [2.05, 4.69) is 148 Å². The predicted molar refractivity (Wildman–Crippen MR) is 228 cm³/mol. The Morgan fingerprint density at radius 3 is 2.62 bits per heavy atom. The van der Waals surface area contributed by atoms with Crippen LogP contribution in [0.25, 0.3) is 34.3 Å². The second-order valence-corrected chi connectivity index (χ2v) is 16.5. The van der Waals surface area contributed by atoms with Crippen LogP contribution < -0.4 is 15.5 Å². The molecule has 3 aromatic carbocycles. The number of hydrogen-bond donors (Lipinski definition) is 0. The number of anilines is 2. The van der Waals surface area contributed by atoms with Crippen molar-refractivity contribution in [2.45, 2.75) is 72.1 Å². The molecule has 0 spiro atoms. The molecule has 0 saturated heterocycles. The van der Waals surface area contributed by atoms with Crippen molar-refractivity contribution >= 4 is 65.0 Å². The summed E-state index contributed by atoms with van der Waals surface area (Å²) in [6.45, 7) is 8.95. The lowest BCUT2D eigenvalue weighted by Gasteiger charge is -2.31. The number of nitrogens with zero attached hydrogens (tertiary/aromatic N) is 4. The highest BCUT2D eigenvalue weighted by molar-refractivity contribution is 14.2. The van der Waals surface area contributed by atoms with Crippen LogP contribution in [0.3, 0.4) is 0 Å². The SMILES string of the molecule is C/C=c1/c2c(n(-c3ccc(C)c(CCC)c3)/c1=C/C)CCC(C1=CC=C3C(C1)c1ccccc1N3c1nc(C3=CC=CI=C3)c3ccccc3n1)C2. The van der Waals surface area contributed by atoms with Gasteiger partial charge in [0, 0.05) is 39.3 Å². The lowest BCUT2D eigenvalue weighted by molar-refractivity contribution is 0.491. The third-order valence-corrected chi connectivity index (χ3v) is 13.4. The molecule has 5 heteroatoms. The van der Waals surface area contributed by atoms with Crippen molar-refractivity contribution in [2.24, 2.45) is 5.92 Å². The molecule has 2 atom stereocenters. The molecule has 0 bridgehead atoms. The number of aryl methyl sites for hydroxylation is 2. The van der Waals surface area contributed by atoms with Crippen molar-refractivity contribution in [1.82, 2.24) is 14.5 Å². The Hall–Kier alpha value is -4.62. The number of allylic oxidation sites excluding steroid dienone is 7. The van der Waals surface area contributed by atoms with Gasteiger partial charge in [-0.25, -0.2) is 9.97 Å². The molecule has 0 fully saturated rings. The summed E-state index contributed by atoms with van der Waals surface area (Å²) in [5.74, 6) is 1.58. The largest absolute Gasteiger partial charge is 0.314 e. The molecule has 2 aliphatic carbocycles. The van der Waals surface area contributed by atoms with Crippen LogP contribution in [0.4, 0.5) is 11.6 Å². The predicted octanol–water partition coefficient (Wildman–Crippen LogP) is 10.2. The molecule has 0 radical (unpaired) electrons. The number of fused-ring (bicyclic) bond motifs is 5. The summed E-state index contributed by atoms with van der Waals surface area (Å²) in [4.78, 5) is 12.9. The van der Waals surface area contributed by atoms with E-state index in [4.69, 9.17) is 9.97 Å². The minimum atomic E-state index is -0.107. The normalized spacial score (nSPS) is 19.9. The fraction of sp³-hybridized carbons (Fsp3) is 0.255. The molecule has 9 rings (SSSR count). The summed E-state index contributed by atoms with van der Waals surface area (Å²) in [6.07, 6.45) is 20.6. The van der Waals surface area contributed by atoms with Gasteiger partial charge in [-0.05, 0) is 125 Å². The molecule has 2 unspecified atom stereocenters. The summed E-state index contributed by atoms with van der Waals surface area (Å²) < 4.78 is 7.25. The molecule has 4 aliphatic rings. The summed E-state index contributed by atoms with van der Waals surface area (Å²) in [5.41, 5.74) is 15.9. The maximum Gasteiger partial charge on any atom is 0.235 e. The Kier molecular flexibility index (Phi) is 8.78. The van der Waals surface area contributed by atoms with Crippen molar-refractivity contribution < 1.29 is 0 Å². The molecule has 5 aromatic rings. The summed E-state index contributed by atoms with van der Waals surface area (Å²) in [6, 6.07) is 24.5. The van der Waals surface area contributed by atoms with Gasteiger partial charge < -0.3 is 4.57 Å². The van der Waals surface area contributed by atoms with E-state index in [1.54, 1.807) is 5.57 Å². The van der Waals surface area contributed by atoms with Gasteiger partial charge >= 0.3 is 0 Å². The molecule has 2 aromatic heterocycles. The topological polar surface area (TPSA) is 34.0 Å². The van der Waals surface area contributed by atoms with Crippen LogP contribution in [0.5, 0.6) is 0 Å². The molecule has 4 heterocycles. The second kappa shape index (κ2) is 13.7. The molecule has 0 amide bonds. The zero-order valence-corrected chi connectivity index (χ0v) is 32.7. The molecule has 0 N–H and O–H groups in total. The van der Waals surface area contributed by atoms with Gasteiger partial charge in [0.05, 0.1) is 16.9 Å². The lowest BCUT2D eigenvalue weighted by Crippen LogP contribution is -2.29. The first-order chi connectivity index (χ1) is 25.6. The number of para-hydroxylation sites is 2. The summed E-state index contributed by atoms with van der Waals surface area (Å²) in [7, 11) is 0. The van der Waals surface area contributed by atoms with Crippen LogP contribution in [0.15, 0.2) is 106 Å². The van der Waals surface area contributed by atoms with Crippen LogP contribution >= 0.6 is 20.7 Å². The van der Waals surface area contributed by atoms with Gasteiger partial charge in [0.15, 0.2) is 0 Å². The fourth-order valence-corrected chi connectivity index (χ4v) is 10.7. The van der Waals surface area contributed by atoms with Crippen LogP contribution in [-0.2, 0) is 19.3 Å². The molecule has 0 saturated carbocycles. The van der Waals surface area contributed by atoms with Crippen molar-refractivity contribution in [1.29, 1.82) is 0 Å². The van der Waals surface area contributed by atoms with Crippen molar-refractivity contribution in [3.05, 3.63) is 151 Å². The van der Waals surface area contributed by atoms with E-state index in [9.17, 15) is 0 Å². The third-order valence-electron chi connectivity index (χ3n) is 11.6. The highest BCUT2D eigenvalue weighted by atomic mass is 127. The molecule has 52 heavy (non-hydrogen) atoms. The fourth-order valence-electron chi connectivity index (χ4n) is 9.12. The van der Waals surface area contributed by atoms with E-state index in [1.807, 2.05) is 0 Å². The van der Waals surface area contributed by atoms with Crippen LogP contribution in [0.1, 0.15) is 79.6 Å². The Balaban J connectivity index is 1.10. The van der Waals surface area contributed by atoms with E-state index in [0.717, 1.165) is 54.6 Å². The second-order valence-electron chi connectivity index (χ2n) is 14.5. The summed E-state index contributed by atoms with van der Waals surface area (Å²) >= 11 is -0.107. The number of benzene rings is 3. The van der Waals surface area contributed by atoms with E-state index >= 15 is 0 Å². The van der Waals surface area contributed by atoms with E-state index in [0.29, 0.717) is 5.92 Å². The number of aromatic nitrogens is 3. The van der Waals surface area contributed by atoms with Gasteiger partial charge in [-0.3, -0.25) is 4.90 Å². The molecule has 2 aliphatic heterocycles. The van der Waals surface area contributed by atoms with E-state index in [1.165, 1.54) is 67.6 Å². The maximum atomic E-state index is 5.34. The Morgan fingerprint density at radius 2 is 1.79 bits per heavy atom. The zero-order chi connectivity index (χ0) is 35.3. The highest BCUT2D eigenvalue weighted by Crippen LogP contribution is 2.52. The van der Waals surface area contributed by atoms with Crippen molar-refractivity contribution in [2.75, 3.05) is 4.90 Å². The number of halogens is 1. The van der Waals surface area contributed by atoms with Gasteiger partial charge in [0.2, 0.25) is 5.95 Å². The number of rotatable bonds is 6. The average molecular weight is 793 g/mol. The van der Waals surface area contributed by atoms with E-state index < -0.39 is 0 Å². The Bertz CT molecular complexity index is 2540. The van der Waals surface area contributed by atoms with Crippen LogP contribution in [0.2, 0.25) is 0 Å². The molecule has 4 nitrogen and oxygen atoms in total. The maximum absolute atomic E-state index is 5.34. The average Bonchev–Trinajstić information content (AvgIpc) is 3.70. The first-order valence-electron chi connectivity index (χ1n) is 18.9. The molecular formula is C47H45IN4. The summed E-state index contributed by atoms with van der Waals surface area (Å²) in [5, 5.41) is 3.87. The monoisotopic (exact) mass is 792 g/mol. The first-order valence-corrected chi connectivity index (χ1v) is 21.4. The minimum absolute atomic E-state index is 0.107. The quantitative estimate of drug-likeness (QED) is 0.161. The zero-order valence-electron chi connectivity index (χ0n) is 30.5. The lowest BCUT2D eigenvalue weighted by atomic mass is 9.76. The third kappa shape index (κ3) is 5.51. The van der Waals surface area contributed by atoms with Gasteiger partial charge in [-0.15, -0.1) is 0 Å². The van der Waals surface area contributed by atoms with Gasteiger partial charge in [-0.2, -0.15) is 0 Å². The van der Waals surface area contributed by atoms with Gasteiger partial charge in [-0.1, -0.05) is 112 Å².